The number of nitrogens with zero attached hydrogens (tertiary/aromatic N) is 3. The van der Waals surface area contributed by atoms with E-state index in [1.54, 1.807) is 24.3 Å². The minimum Gasteiger partial charge on any atom is -0.491 e. The predicted octanol–water partition coefficient (Wildman–Crippen LogP) is 4.19. The third kappa shape index (κ3) is 4.91. The first kappa shape index (κ1) is 20.8. The van der Waals surface area contributed by atoms with Crippen LogP contribution in [0.4, 0.5) is 18.9 Å². The van der Waals surface area contributed by atoms with Crippen LogP contribution in [0.3, 0.4) is 0 Å². The van der Waals surface area contributed by atoms with E-state index in [1.165, 1.54) is 24.4 Å². The van der Waals surface area contributed by atoms with Crippen molar-refractivity contribution in [3.8, 4) is 11.8 Å². The molecule has 1 saturated heterocycles. The first-order valence-corrected chi connectivity index (χ1v) is 8.78. The van der Waals surface area contributed by atoms with Crippen LogP contribution in [0.1, 0.15) is 11.1 Å². The summed E-state index contributed by atoms with van der Waals surface area (Å²) in [5.74, 6) is 0.437. The van der Waals surface area contributed by atoms with Gasteiger partial charge in [-0.1, -0.05) is 16.8 Å². The lowest BCUT2D eigenvalue weighted by atomic mass is 10.2. The van der Waals surface area contributed by atoms with Gasteiger partial charge in [-0.25, -0.2) is 0 Å². The van der Waals surface area contributed by atoms with Gasteiger partial charge in [0.1, 0.15) is 24.5 Å². The molecule has 2 aromatic rings. The molecule has 1 aliphatic heterocycles. The molecule has 0 bridgehead atoms. The number of oxime groups is 1. The number of halogens is 4. The summed E-state index contributed by atoms with van der Waals surface area (Å²) < 4.78 is 51.1. The van der Waals surface area contributed by atoms with Crippen LogP contribution < -0.4 is 9.64 Å². The number of hydrogen-bond acceptors (Lipinski definition) is 6. The second-order valence-corrected chi connectivity index (χ2v) is 6.61. The Morgan fingerprint density at radius 3 is 2.62 bits per heavy atom. The van der Waals surface area contributed by atoms with Gasteiger partial charge in [0.05, 0.1) is 23.3 Å². The van der Waals surface area contributed by atoms with Crippen LogP contribution >= 0.6 is 11.6 Å². The summed E-state index contributed by atoms with van der Waals surface area (Å²) in [5.41, 5.74) is 1.01. The minimum absolute atomic E-state index is 0.0668. The molecule has 1 fully saturated rings. The van der Waals surface area contributed by atoms with E-state index < -0.39 is 18.5 Å². The summed E-state index contributed by atoms with van der Waals surface area (Å²) in [6.45, 7) is -0.164. The lowest BCUT2D eigenvalue weighted by molar-refractivity contribution is -0.215. The van der Waals surface area contributed by atoms with Gasteiger partial charge >= 0.3 is 6.18 Å². The van der Waals surface area contributed by atoms with Gasteiger partial charge in [-0.15, -0.1) is 0 Å². The fourth-order valence-electron chi connectivity index (χ4n) is 2.88. The molecule has 6 nitrogen and oxygen atoms in total. The Labute approximate surface area is 169 Å². The third-order valence-corrected chi connectivity index (χ3v) is 4.53. The van der Waals surface area contributed by atoms with Crippen molar-refractivity contribution < 1.29 is 27.9 Å². The van der Waals surface area contributed by atoms with Gasteiger partial charge in [-0.3, -0.25) is 0 Å². The average Bonchev–Trinajstić information content (AvgIpc) is 3.12. The molecule has 152 valence electrons. The Morgan fingerprint density at radius 2 is 2.03 bits per heavy atom. The van der Waals surface area contributed by atoms with E-state index in [9.17, 15) is 13.2 Å². The Hall–Kier alpha value is -2.96. The number of alkyl halides is 3. The highest BCUT2D eigenvalue weighted by Gasteiger charge is 2.51. The predicted molar refractivity (Wildman–Crippen MR) is 99.5 cm³/mol. The Morgan fingerprint density at radius 1 is 1.31 bits per heavy atom. The number of hydrogen-bond donors (Lipinski definition) is 1. The monoisotopic (exact) mass is 425 g/mol. The zero-order valence-corrected chi connectivity index (χ0v) is 15.6. The van der Waals surface area contributed by atoms with Crippen molar-refractivity contribution in [2.45, 2.75) is 18.5 Å². The van der Waals surface area contributed by atoms with Crippen LogP contribution in [0, 0.1) is 11.3 Å². The van der Waals surface area contributed by atoms with Crippen LogP contribution in [0.25, 0.3) is 0 Å². The van der Waals surface area contributed by atoms with Crippen LogP contribution in [0.15, 0.2) is 47.6 Å². The summed E-state index contributed by atoms with van der Waals surface area (Å²) in [6, 6.07) is 12.4. The van der Waals surface area contributed by atoms with Gasteiger partial charge in [0.25, 0.3) is 0 Å². The first-order valence-electron chi connectivity index (χ1n) is 8.40. The average molecular weight is 426 g/mol. The Balaban J connectivity index is 1.72. The van der Waals surface area contributed by atoms with Crippen molar-refractivity contribution in [1.82, 2.24) is 0 Å². The molecule has 0 radical (unpaired) electrons. The fraction of sp³-hybridized carbons (Fsp3) is 0.263. The van der Waals surface area contributed by atoms with Crippen molar-refractivity contribution in [3.63, 3.8) is 0 Å². The van der Waals surface area contributed by atoms with Gasteiger partial charge in [0.15, 0.2) is 0 Å². The van der Waals surface area contributed by atoms with E-state index in [4.69, 9.17) is 31.5 Å². The topological polar surface area (TPSA) is 78.1 Å². The molecule has 1 heterocycles. The van der Waals surface area contributed by atoms with Crippen LogP contribution in [-0.4, -0.2) is 43.1 Å². The summed E-state index contributed by atoms with van der Waals surface area (Å²) in [5, 5.41) is 20.4. The molecular formula is C19H15ClF3N3O3. The molecule has 1 aliphatic rings. The second-order valence-electron chi connectivity index (χ2n) is 6.20. The van der Waals surface area contributed by atoms with E-state index in [1.807, 2.05) is 6.07 Å². The number of ether oxygens (including phenoxy) is 2. The molecule has 0 unspecified atom stereocenters. The quantitative estimate of drug-likeness (QED) is 0.441. The molecule has 2 atom stereocenters. The summed E-state index contributed by atoms with van der Waals surface area (Å²) >= 11 is 5.96. The molecule has 2 aromatic carbocycles. The number of anilines is 1. The van der Waals surface area contributed by atoms with Crippen LogP contribution in [0.5, 0.6) is 5.75 Å². The van der Waals surface area contributed by atoms with Crippen LogP contribution in [0.2, 0.25) is 5.02 Å². The summed E-state index contributed by atoms with van der Waals surface area (Å²) in [4.78, 5) is 1.04. The summed E-state index contributed by atoms with van der Waals surface area (Å²) in [6.07, 6.45) is -6.38. The van der Waals surface area contributed by atoms with E-state index in [0.29, 0.717) is 11.3 Å². The molecule has 29 heavy (non-hydrogen) atoms. The van der Waals surface area contributed by atoms with E-state index in [0.717, 1.165) is 4.90 Å². The van der Waals surface area contributed by atoms with Gasteiger partial charge in [0.2, 0.25) is 6.23 Å². The lowest BCUT2D eigenvalue weighted by Crippen LogP contribution is -2.42. The maximum absolute atomic E-state index is 13.5. The molecular weight excluding hydrogens is 411 g/mol. The van der Waals surface area contributed by atoms with Crippen molar-refractivity contribution in [1.29, 1.82) is 5.26 Å². The number of benzene rings is 2. The van der Waals surface area contributed by atoms with Gasteiger partial charge in [0, 0.05) is 5.69 Å². The van der Waals surface area contributed by atoms with Gasteiger partial charge < -0.3 is 19.6 Å². The zero-order valence-electron chi connectivity index (χ0n) is 14.8. The number of rotatable bonds is 5. The molecule has 0 spiro atoms. The molecule has 1 N–H and O–H groups in total. The molecule has 0 amide bonds. The fourth-order valence-corrected chi connectivity index (χ4v) is 3.10. The first-order chi connectivity index (χ1) is 13.8. The SMILES string of the molecule is N#Cc1ccc(N2C[C@@H](COc3ccc(C=NO)cc3)O[C@@H]2C(F)(F)F)cc1Cl. The van der Waals surface area contributed by atoms with E-state index in [-0.39, 0.29) is 29.4 Å². The highest BCUT2D eigenvalue weighted by atomic mass is 35.5. The van der Waals surface area contributed by atoms with Crippen molar-refractivity contribution in [2.24, 2.45) is 5.16 Å². The van der Waals surface area contributed by atoms with Crippen molar-refractivity contribution in [3.05, 3.63) is 58.6 Å². The smallest absolute Gasteiger partial charge is 0.433 e. The Bertz CT molecular complexity index is 929. The highest BCUT2D eigenvalue weighted by molar-refractivity contribution is 6.32. The maximum atomic E-state index is 13.5. The lowest BCUT2D eigenvalue weighted by Gasteiger charge is -2.26. The molecule has 0 aromatic heterocycles. The van der Waals surface area contributed by atoms with Gasteiger partial charge in [-0.05, 0) is 48.0 Å². The van der Waals surface area contributed by atoms with E-state index in [2.05, 4.69) is 5.16 Å². The van der Waals surface area contributed by atoms with E-state index >= 15 is 0 Å². The van der Waals surface area contributed by atoms with Crippen molar-refractivity contribution in [2.75, 3.05) is 18.1 Å². The molecule has 0 saturated carbocycles. The van der Waals surface area contributed by atoms with Crippen LogP contribution in [-0.2, 0) is 4.74 Å². The molecule has 0 aliphatic carbocycles. The highest BCUT2D eigenvalue weighted by Crippen LogP contribution is 2.36. The minimum atomic E-state index is -4.62. The maximum Gasteiger partial charge on any atom is 0.433 e. The van der Waals surface area contributed by atoms with Crippen molar-refractivity contribution >= 4 is 23.5 Å². The largest absolute Gasteiger partial charge is 0.491 e. The molecule has 3 rings (SSSR count). The normalized spacial score (nSPS) is 19.5. The third-order valence-electron chi connectivity index (χ3n) is 4.21. The van der Waals surface area contributed by atoms with Gasteiger partial charge in [-0.2, -0.15) is 18.4 Å². The summed E-state index contributed by atoms with van der Waals surface area (Å²) in [7, 11) is 0. The standard InChI is InChI=1S/C19H15ClF3N3O3/c20-17-7-14(4-3-13(17)8-24)26-10-16(29-18(26)19(21,22)23)11-28-15-5-1-12(2-6-15)9-25-27/h1-7,9,16,18,27H,10-11H2/t16-,18+/m0/s1. The molecule has 10 heteroatoms. The number of nitriles is 1. The Kier molecular flexibility index (Phi) is 6.15. The zero-order chi connectivity index (χ0) is 21.0. The second kappa shape index (κ2) is 8.59.